The van der Waals surface area contributed by atoms with E-state index in [2.05, 4.69) is 6.92 Å². The molecule has 3 heteroatoms. The Kier molecular flexibility index (Phi) is 3.44. The van der Waals surface area contributed by atoms with Gasteiger partial charge in [0, 0.05) is 12.0 Å². The summed E-state index contributed by atoms with van der Waals surface area (Å²) in [5.74, 6) is 0.0715. The molecule has 0 aliphatic rings. The number of Topliss-reactive ketones (excluding diaryl/α,β-unsaturated/α-hetero) is 1. The van der Waals surface area contributed by atoms with Crippen LogP contribution in [0.1, 0.15) is 21.5 Å². The molecule has 1 aromatic rings. The minimum Gasteiger partial charge on any atom is -0.376 e. The number of methoxy groups -OCH3 is 1. The summed E-state index contributed by atoms with van der Waals surface area (Å²) >= 11 is 1.55. The van der Waals surface area contributed by atoms with Crippen LogP contribution in [0.15, 0.2) is 12.1 Å². The van der Waals surface area contributed by atoms with Crippen molar-refractivity contribution in [3.05, 3.63) is 21.9 Å². The second-order valence-corrected chi connectivity index (χ2v) is 3.64. The molecule has 0 radical (unpaired) electrons. The molecule has 0 N–H and O–H groups in total. The smallest absolute Gasteiger partial charge is 0.198 e. The minimum absolute atomic E-state index is 0.0715. The molecule has 0 aliphatic heterocycles. The Morgan fingerprint density at radius 2 is 2.33 bits per heavy atom. The Morgan fingerprint density at radius 1 is 1.58 bits per heavy atom. The van der Waals surface area contributed by atoms with E-state index in [1.165, 1.54) is 12.0 Å². The van der Waals surface area contributed by atoms with Crippen LogP contribution in [0.5, 0.6) is 0 Å². The number of ether oxygens (including phenoxy) is 1. The molecule has 0 amide bonds. The van der Waals surface area contributed by atoms with E-state index in [0.717, 1.165) is 11.3 Å². The van der Waals surface area contributed by atoms with E-state index in [9.17, 15) is 4.79 Å². The van der Waals surface area contributed by atoms with Crippen LogP contribution >= 0.6 is 11.3 Å². The maximum absolute atomic E-state index is 11.3. The molecule has 0 spiro atoms. The molecular formula is C9H12O2S. The first-order chi connectivity index (χ1) is 5.77. The quantitative estimate of drug-likeness (QED) is 0.670. The van der Waals surface area contributed by atoms with Crippen LogP contribution in [-0.4, -0.2) is 19.5 Å². The molecule has 0 aromatic carbocycles. The van der Waals surface area contributed by atoms with Crippen molar-refractivity contribution in [3.8, 4) is 0 Å². The third-order valence-electron chi connectivity index (χ3n) is 1.56. The molecule has 66 valence electrons. The van der Waals surface area contributed by atoms with Gasteiger partial charge in [0.25, 0.3) is 0 Å². The second kappa shape index (κ2) is 4.38. The average molecular weight is 184 g/mol. The highest BCUT2D eigenvalue weighted by Gasteiger charge is 2.07. The molecule has 0 saturated carbocycles. The highest BCUT2D eigenvalue weighted by atomic mass is 32.1. The third kappa shape index (κ3) is 2.16. The van der Waals surface area contributed by atoms with Gasteiger partial charge < -0.3 is 4.74 Å². The maximum atomic E-state index is 11.3. The number of thiophene rings is 1. The number of ketones is 1. The molecule has 0 bridgehead atoms. The molecular weight excluding hydrogens is 172 g/mol. The Labute approximate surface area is 76.2 Å². The van der Waals surface area contributed by atoms with Crippen LogP contribution in [0.4, 0.5) is 0 Å². The first-order valence-corrected chi connectivity index (χ1v) is 4.70. The molecule has 2 nitrogen and oxygen atoms in total. The zero-order chi connectivity index (χ0) is 8.97. The number of hydrogen-bond donors (Lipinski definition) is 0. The first kappa shape index (κ1) is 9.42. The Bertz CT molecular complexity index is 265. The SMILES string of the molecule is CCc1ccc(C(=O)COC)s1. The lowest BCUT2D eigenvalue weighted by Crippen LogP contribution is -2.04. The summed E-state index contributed by atoms with van der Waals surface area (Å²) < 4.78 is 4.76. The van der Waals surface area contributed by atoms with E-state index in [-0.39, 0.29) is 12.4 Å². The van der Waals surface area contributed by atoms with E-state index < -0.39 is 0 Å². The lowest BCUT2D eigenvalue weighted by Gasteiger charge is -1.93. The molecule has 0 saturated heterocycles. The number of carbonyl (C=O) groups is 1. The molecule has 0 aliphatic carbocycles. The third-order valence-corrected chi connectivity index (χ3v) is 2.83. The van der Waals surface area contributed by atoms with Crippen molar-refractivity contribution >= 4 is 17.1 Å². The summed E-state index contributed by atoms with van der Waals surface area (Å²) in [5, 5.41) is 0. The van der Waals surface area contributed by atoms with Crippen LogP contribution in [-0.2, 0) is 11.2 Å². The van der Waals surface area contributed by atoms with Crippen molar-refractivity contribution in [1.82, 2.24) is 0 Å². The molecule has 0 unspecified atom stereocenters. The number of rotatable bonds is 4. The van der Waals surface area contributed by atoms with E-state index >= 15 is 0 Å². The fourth-order valence-electron chi connectivity index (χ4n) is 0.920. The van der Waals surface area contributed by atoms with Gasteiger partial charge in [-0.1, -0.05) is 6.92 Å². The van der Waals surface area contributed by atoms with Crippen LogP contribution in [0.2, 0.25) is 0 Å². The number of carbonyl (C=O) groups excluding carboxylic acids is 1. The van der Waals surface area contributed by atoms with Crippen molar-refractivity contribution in [3.63, 3.8) is 0 Å². The van der Waals surface area contributed by atoms with Gasteiger partial charge in [0.2, 0.25) is 0 Å². The Hall–Kier alpha value is -0.670. The van der Waals surface area contributed by atoms with Crippen molar-refractivity contribution in [2.45, 2.75) is 13.3 Å². The van der Waals surface area contributed by atoms with Gasteiger partial charge in [-0.15, -0.1) is 11.3 Å². The molecule has 1 heterocycles. The number of aryl methyl sites for hydroxylation is 1. The van der Waals surface area contributed by atoms with Crippen molar-refractivity contribution in [1.29, 1.82) is 0 Å². The lowest BCUT2D eigenvalue weighted by atomic mass is 10.3. The monoisotopic (exact) mass is 184 g/mol. The van der Waals surface area contributed by atoms with Gasteiger partial charge in [-0.2, -0.15) is 0 Å². The summed E-state index contributed by atoms with van der Waals surface area (Å²) in [6, 6.07) is 3.86. The molecule has 1 rings (SSSR count). The fourth-order valence-corrected chi connectivity index (χ4v) is 1.79. The molecule has 1 aromatic heterocycles. The van der Waals surface area contributed by atoms with Gasteiger partial charge in [0.1, 0.15) is 6.61 Å². The zero-order valence-electron chi connectivity index (χ0n) is 7.29. The second-order valence-electron chi connectivity index (χ2n) is 2.48. The van der Waals surface area contributed by atoms with Gasteiger partial charge in [0.05, 0.1) is 4.88 Å². The zero-order valence-corrected chi connectivity index (χ0v) is 8.11. The van der Waals surface area contributed by atoms with Crippen molar-refractivity contribution in [2.75, 3.05) is 13.7 Å². The summed E-state index contributed by atoms with van der Waals surface area (Å²) in [5.41, 5.74) is 0. The molecule has 12 heavy (non-hydrogen) atoms. The number of hydrogen-bond acceptors (Lipinski definition) is 3. The van der Waals surface area contributed by atoms with Crippen LogP contribution in [0.3, 0.4) is 0 Å². The average Bonchev–Trinajstić information content (AvgIpc) is 2.52. The molecule has 0 fully saturated rings. The van der Waals surface area contributed by atoms with Crippen molar-refractivity contribution < 1.29 is 9.53 Å². The molecule has 0 atom stereocenters. The highest BCUT2D eigenvalue weighted by Crippen LogP contribution is 2.17. The van der Waals surface area contributed by atoms with Gasteiger partial charge in [0.15, 0.2) is 5.78 Å². The fraction of sp³-hybridized carbons (Fsp3) is 0.444. The van der Waals surface area contributed by atoms with Crippen LogP contribution in [0.25, 0.3) is 0 Å². The Morgan fingerprint density at radius 3 is 2.83 bits per heavy atom. The van der Waals surface area contributed by atoms with Gasteiger partial charge in [-0.3, -0.25) is 4.79 Å². The van der Waals surface area contributed by atoms with Crippen molar-refractivity contribution in [2.24, 2.45) is 0 Å². The van der Waals surface area contributed by atoms with E-state index in [0.29, 0.717) is 0 Å². The normalized spacial score (nSPS) is 10.2. The first-order valence-electron chi connectivity index (χ1n) is 3.88. The minimum atomic E-state index is 0.0715. The van der Waals surface area contributed by atoms with Crippen LogP contribution < -0.4 is 0 Å². The van der Waals surface area contributed by atoms with Gasteiger partial charge in [-0.25, -0.2) is 0 Å². The Balaban J connectivity index is 2.68. The summed E-state index contributed by atoms with van der Waals surface area (Å²) in [6.07, 6.45) is 0.991. The van der Waals surface area contributed by atoms with E-state index in [4.69, 9.17) is 4.74 Å². The largest absolute Gasteiger partial charge is 0.376 e. The standard InChI is InChI=1S/C9H12O2S/c1-3-7-4-5-9(12-7)8(10)6-11-2/h4-5H,3,6H2,1-2H3. The highest BCUT2D eigenvalue weighted by molar-refractivity contribution is 7.14. The van der Waals surface area contributed by atoms with E-state index in [1.807, 2.05) is 12.1 Å². The lowest BCUT2D eigenvalue weighted by molar-refractivity contribution is 0.0852. The summed E-state index contributed by atoms with van der Waals surface area (Å²) in [7, 11) is 1.53. The predicted octanol–water partition coefficient (Wildman–Crippen LogP) is 2.14. The van der Waals surface area contributed by atoms with Gasteiger partial charge in [-0.05, 0) is 18.6 Å². The maximum Gasteiger partial charge on any atom is 0.198 e. The van der Waals surface area contributed by atoms with Gasteiger partial charge >= 0.3 is 0 Å². The summed E-state index contributed by atoms with van der Waals surface area (Å²) in [6.45, 7) is 2.26. The predicted molar refractivity (Wildman–Crippen MR) is 49.9 cm³/mol. The summed E-state index contributed by atoms with van der Waals surface area (Å²) in [4.78, 5) is 13.3. The van der Waals surface area contributed by atoms with E-state index in [1.54, 1.807) is 11.3 Å². The topological polar surface area (TPSA) is 26.3 Å². The van der Waals surface area contributed by atoms with Crippen LogP contribution in [0, 0.1) is 0 Å².